The number of hydrogen-bond donors (Lipinski definition) is 2. The van der Waals surface area contributed by atoms with E-state index < -0.39 is 0 Å². The summed E-state index contributed by atoms with van der Waals surface area (Å²) in [5.74, 6) is 0.550. The van der Waals surface area contributed by atoms with Crippen molar-refractivity contribution in [3.63, 3.8) is 0 Å². The molecule has 0 bridgehead atoms. The average molecular weight is 272 g/mol. The molecule has 0 atom stereocenters. The largest absolute Gasteiger partial charge is 0.384 e. The molecule has 20 heavy (non-hydrogen) atoms. The summed E-state index contributed by atoms with van der Waals surface area (Å²) in [5, 5.41) is 10.2. The Kier molecular flexibility index (Phi) is 4.40. The number of anilines is 2. The topological polar surface area (TPSA) is 59.0 Å². The number of benzene rings is 1. The molecule has 106 valence electrons. The maximum atomic E-state index is 12.4. The van der Waals surface area contributed by atoms with E-state index in [1.807, 2.05) is 25.1 Å². The zero-order valence-corrected chi connectivity index (χ0v) is 12.1. The van der Waals surface area contributed by atoms with Gasteiger partial charge in [-0.25, -0.2) is 0 Å². The summed E-state index contributed by atoms with van der Waals surface area (Å²) in [5.41, 5.74) is 2.57. The van der Waals surface area contributed by atoms with Crippen LogP contribution in [0.2, 0.25) is 0 Å². The molecule has 0 saturated carbocycles. The minimum Gasteiger partial charge on any atom is -0.384 e. The summed E-state index contributed by atoms with van der Waals surface area (Å²) in [6, 6.07) is 7.61. The lowest BCUT2D eigenvalue weighted by Gasteiger charge is -2.12. The van der Waals surface area contributed by atoms with Gasteiger partial charge in [0.25, 0.3) is 5.91 Å². The molecule has 5 heteroatoms. The first-order valence-electron chi connectivity index (χ1n) is 6.75. The zero-order chi connectivity index (χ0) is 14.5. The lowest BCUT2D eigenvalue weighted by atomic mass is 10.1. The highest BCUT2D eigenvalue weighted by Gasteiger charge is 2.13. The van der Waals surface area contributed by atoms with E-state index in [1.54, 1.807) is 24.0 Å². The van der Waals surface area contributed by atoms with Gasteiger partial charge >= 0.3 is 0 Å². The van der Waals surface area contributed by atoms with Gasteiger partial charge in [-0.1, -0.05) is 18.6 Å². The van der Waals surface area contributed by atoms with Crippen molar-refractivity contribution in [2.75, 3.05) is 17.2 Å². The number of aryl methyl sites for hydroxylation is 2. The highest BCUT2D eigenvalue weighted by atomic mass is 16.1. The van der Waals surface area contributed by atoms with Crippen LogP contribution in [0.3, 0.4) is 0 Å². The number of rotatable bonds is 5. The first-order valence-corrected chi connectivity index (χ1v) is 6.75. The molecular weight excluding hydrogens is 252 g/mol. The van der Waals surface area contributed by atoms with Crippen LogP contribution in [-0.2, 0) is 7.05 Å². The summed E-state index contributed by atoms with van der Waals surface area (Å²) in [6.45, 7) is 4.91. The van der Waals surface area contributed by atoms with Gasteiger partial charge in [0.15, 0.2) is 0 Å². The number of nitrogens with one attached hydrogen (secondary N) is 2. The highest BCUT2D eigenvalue weighted by Crippen LogP contribution is 2.19. The Labute approximate surface area is 119 Å². The molecule has 0 unspecified atom stereocenters. The second-order valence-corrected chi connectivity index (χ2v) is 4.77. The molecule has 5 nitrogen and oxygen atoms in total. The summed E-state index contributed by atoms with van der Waals surface area (Å²) in [4.78, 5) is 12.4. The monoisotopic (exact) mass is 272 g/mol. The number of carbonyl (C=O) groups is 1. The Morgan fingerprint density at radius 1 is 1.35 bits per heavy atom. The van der Waals surface area contributed by atoms with Crippen molar-refractivity contribution in [2.24, 2.45) is 7.05 Å². The van der Waals surface area contributed by atoms with Gasteiger partial charge in [0.1, 0.15) is 5.82 Å². The van der Waals surface area contributed by atoms with Gasteiger partial charge in [0.2, 0.25) is 0 Å². The van der Waals surface area contributed by atoms with E-state index in [9.17, 15) is 4.79 Å². The Morgan fingerprint density at radius 3 is 2.80 bits per heavy atom. The molecule has 0 saturated heterocycles. The summed E-state index contributed by atoms with van der Waals surface area (Å²) < 4.78 is 1.63. The maximum Gasteiger partial charge on any atom is 0.258 e. The van der Waals surface area contributed by atoms with Crippen LogP contribution in [0.15, 0.2) is 30.5 Å². The number of amides is 1. The van der Waals surface area contributed by atoms with E-state index in [2.05, 4.69) is 22.7 Å². The van der Waals surface area contributed by atoms with E-state index in [0.29, 0.717) is 11.4 Å². The van der Waals surface area contributed by atoms with Gasteiger partial charge in [-0.3, -0.25) is 9.48 Å². The standard InChI is InChI=1S/C15H20N4O/c1-4-8-16-13-6-5-11(2)10-12(13)15(20)18-14-7-9-17-19(14)3/h5-7,9-10,16H,4,8H2,1-3H3,(H,18,20). The first-order chi connectivity index (χ1) is 9.61. The van der Waals surface area contributed by atoms with Crippen LogP contribution in [-0.4, -0.2) is 22.2 Å². The van der Waals surface area contributed by atoms with Gasteiger partial charge in [0, 0.05) is 25.3 Å². The van der Waals surface area contributed by atoms with Crippen molar-refractivity contribution >= 4 is 17.4 Å². The van der Waals surface area contributed by atoms with Crippen molar-refractivity contribution < 1.29 is 4.79 Å². The average Bonchev–Trinajstić information content (AvgIpc) is 2.83. The molecule has 1 heterocycles. The van der Waals surface area contributed by atoms with Crippen LogP contribution in [0.4, 0.5) is 11.5 Å². The number of aromatic nitrogens is 2. The molecular formula is C15H20N4O. The molecule has 1 aromatic heterocycles. The molecule has 2 N–H and O–H groups in total. The lowest BCUT2D eigenvalue weighted by molar-refractivity contribution is 0.102. The van der Waals surface area contributed by atoms with E-state index in [4.69, 9.17) is 0 Å². The Bertz CT molecular complexity index is 604. The molecule has 2 rings (SSSR count). The summed E-state index contributed by atoms with van der Waals surface area (Å²) >= 11 is 0. The van der Waals surface area contributed by atoms with E-state index in [1.165, 1.54) is 0 Å². The van der Waals surface area contributed by atoms with Gasteiger partial charge < -0.3 is 10.6 Å². The maximum absolute atomic E-state index is 12.4. The zero-order valence-electron chi connectivity index (χ0n) is 12.1. The third kappa shape index (κ3) is 3.17. The molecule has 2 aromatic rings. The van der Waals surface area contributed by atoms with Gasteiger partial charge in [-0.15, -0.1) is 0 Å². The van der Waals surface area contributed by atoms with E-state index >= 15 is 0 Å². The third-order valence-electron chi connectivity index (χ3n) is 3.05. The summed E-state index contributed by atoms with van der Waals surface area (Å²) in [7, 11) is 1.79. The Morgan fingerprint density at radius 2 is 2.15 bits per heavy atom. The minimum atomic E-state index is -0.129. The van der Waals surface area contributed by atoms with Crippen molar-refractivity contribution in [3.05, 3.63) is 41.6 Å². The number of hydrogen-bond acceptors (Lipinski definition) is 3. The molecule has 0 fully saturated rings. The van der Waals surface area contributed by atoms with Crippen LogP contribution in [0.1, 0.15) is 29.3 Å². The fraction of sp³-hybridized carbons (Fsp3) is 0.333. The smallest absolute Gasteiger partial charge is 0.258 e. The van der Waals surface area contributed by atoms with Crippen LogP contribution < -0.4 is 10.6 Å². The predicted molar refractivity (Wildman–Crippen MR) is 81.1 cm³/mol. The molecule has 0 aliphatic rings. The van der Waals surface area contributed by atoms with Crippen LogP contribution in [0.25, 0.3) is 0 Å². The van der Waals surface area contributed by atoms with Crippen molar-refractivity contribution in [3.8, 4) is 0 Å². The van der Waals surface area contributed by atoms with Gasteiger partial charge in [-0.05, 0) is 25.5 Å². The SMILES string of the molecule is CCCNc1ccc(C)cc1C(=O)Nc1ccnn1C. The second-order valence-electron chi connectivity index (χ2n) is 4.77. The van der Waals surface area contributed by atoms with Crippen molar-refractivity contribution in [1.29, 1.82) is 0 Å². The Hall–Kier alpha value is -2.30. The third-order valence-corrected chi connectivity index (χ3v) is 3.05. The van der Waals surface area contributed by atoms with E-state index in [0.717, 1.165) is 24.2 Å². The molecule has 1 aromatic carbocycles. The Balaban J connectivity index is 2.23. The number of nitrogens with zero attached hydrogens (tertiary/aromatic N) is 2. The fourth-order valence-corrected chi connectivity index (χ4v) is 1.94. The van der Waals surface area contributed by atoms with Crippen molar-refractivity contribution in [1.82, 2.24) is 9.78 Å². The molecule has 0 aliphatic carbocycles. The van der Waals surface area contributed by atoms with Crippen LogP contribution in [0.5, 0.6) is 0 Å². The molecule has 0 spiro atoms. The summed E-state index contributed by atoms with van der Waals surface area (Å²) in [6.07, 6.45) is 2.67. The molecule has 0 aliphatic heterocycles. The molecule has 0 radical (unpaired) electrons. The predicted octanol–water partition coefficient (Wildman–Crippen LogP) is 2.80. The quantitative estimate of drug-likeness (QED) is 0.880. The fourth-order valence-electron chi connectivity index (χ4n) is 1.94. The minimum absolute atomic E-state index is 0.129. The van der Waals surface area contributed by atoms with Crippen LogP contribution >= 0.6 is 0 Å². The van der Waals surface area contributed by atoms with Gasteiger partial charge in [-0.2, -0.15) is 5.10 Å². The lowest BCUT2D eigenvalue weighted by Crippen LogP contribution is -2.17. The van der Waals surface area contributed by atoms with Gasteiger partial charge in [0.05, 0.1) is 11.8 Å². The number of carbonyl (C=O) groups excluding carboxylic acids is 1. The highest BCUT2D eigenvalue weighted by molar-refractivity contribution is 6.07. The first kappa shape index (κ1) is 14.1. The van der Waals surface area contributed by atoms with Crippen LogP contribution in [0, 0.1) is 6.92 Å². The second kappa shape index (κ2) is 6.23. The van der Waals surface area contributed by atoms with Crippen molar-refractivity contribution in [2.45, 2.75) is 20.3 Å². The van der Waals surface area contributed by atoms with E-state index in [-0.39, 0.29) is 5.91 Å². The normalized spacial score (nSPS) is 10.3. The molecule has 1 amide bonds.